The van der Waals surface area contributed by atoms with Gasteiger partial charge >= 0.3 is 0 Å². The van der Waals surface area contributed by atoms with Crippen molar-refractivity contribution in [2.45, 2.75) is 31.7 Å². The van der Waals surface area contributed by atoms with Gasteiger partial charge in [-0.05, 0) is 18.9 Å². The van der Waals surface area contributed by atoms with Crippen molar-refractivity contribution in [2.75, 3.05) is 0 Å². The smallest absolute Gasteiger partial charge is 0.0674 e. The standard InChI is InChI=1S/C5H19NSi4/c7-9-6(10-8)5-3-1-2-4-5/h5H,1-4,9-10H2,7-8H3. The van der Waals surface area contributed by atoms with Crippen molar-refractivity contribution in [1.29, 1.82) is 0 Å². The van der Waals surface area contributed by atoms with Crippen LogP contribution >= 0.6 is 0 Å². The minimum Gasteiger partial charge on any atom is -0.358 e. The fourth-order valence-electron chi connectivity index (χ4n) is 2.01. The van der Waals surface area contributed by atoms with Crippen LogP contribution < -0.4 is 0 Å². The van der Waals surface area contributed by atoms with Gasteiger partial charge in [0.25, 0.3) is 0 Å². The van der Waals surface area contributed by atoms with E-state index >= 15 is 0 Å². The highest BCUT2D eigenvalue weighted by Gasteiger charge is 2.18. The molecule has 1 nitrogen and oxygen atoms in total. The lowest BCUT2D eigenvalue weighted by molar-refractivity contribution is 0.492. The molecule has 0 aromatic rings. The number of nitrogens with zero attached hydrogens (tertiary/aromatic N) is 1. The first-order valence-corrected chi connectivity index (χ1v) is 17.2. The van der Waals surface area contributed by atoms with Gasteiger partial charge in [-0.2, -0.15) is 0 Å². The second kappa shape index (κ2) is 4.65. The van der Waals surface area contributed by atoms with Gasteiger partial charge in [-0.1, -0.05) is 12.8 Å². The maximum atomic E-state index is 2.99. The van der Waals surface area contributed by atoms with E-state index in [4.69, 9.17) is 0 Å². The van der Waals surface area contributed by atoms with Gasteiger partial charge in [0.1, 0.15) is 0 Å². The van der Waals surface area contributed by atoms with Crippen LogP contribution in [0, 0.1) is 0 Å². The van der Waals surface area contributed by atoms with Crippen molar-refractivity contribution in [1.82, 2.24) is 4.23 Å². The zero-order chi connectivity index (χ0) is 7.40. The first kappa shape index (κ1) is 8.92. The third-order valence-corrected chi connectivity index (χ3v) is 18.2. The van der Waals surface area contributed by atoms with Gasteiger partial charge in [0.05, 0.1) is 18.4 Å². The first-order valence-electron chi connectivity index (χ1n) is 4.62. The lowest BCUT2D eigenvalue weighted by Gasteiger charge is -2.25. The molecule has 0 unspecified atom stereocenters. The van der Waals surface area contributed by atoms with Gasteiger partial charge in [-0.15, -0.1) is 0 Å². The van der Waals surface area contributed by atoms with Crippen LogP contribution in [0.15, 0.2) is 0 Å². The Kier molecular flexibility index (Phi) is 4.15. The third-order valence-electron chi connectivity index (χ3n) is 2.65. The largest absolute Gasteiger partial charge is 0.358 e. The second-order valence-electron chi connectivity index (χ2n) is 3.16. The summed E-state index contributed by atoms with van der Waals surface area (Å²) >= 11 is 0. The molecule has 1 rings (SSSR count). The van der Waals surface area contributed by atoms with E-state index in [0.717, 1.165) is 6.04 Å². The Morgan fingerprint density at radius 1 is 1.10 bits per heavy atom. The highest BCUT2D eigenvalue weighted by atomic mass is 29.2. The summed E-state index contributed by atoms with van der Waals surface area (Å²) in [5.74, 6) is 0. The minimum atomic E-state index is 0.367. The Morgan fingerprint density at radius 2 is 1.60 bits per heavy atom. The second-order valence-corrected chi connectivity index (χ2v) is 10.7. The number of hydrogen-bond acceptors (Lipinski definition) is 1. The predicted molar refractivity (Wildman–Crippen MR) is 61.1 cm³/mol. The zero-order valence-corrected chi connectivity index (χ0v) is 14.1. The Hall–Kier alpha value is 0.828. The van der Waals surface area contributed by atoms with Gasteiger partial charge in [0.15, 0.2) is 0 Å². The average Bonchev–Trinajstić information content (AvgIpc) is 2.43. The van der Waals surface area contributed by atoms with Gasteiger partial charge in [-0.3, -0.25) is 0 Å². The molecule has 0 aliphatic heterocycles. The molecule has 1 aliphatic carbocycles. The van der Waals surface area contributed by atoms with E-state index in [1.807, 2.05) is 0 Å². The van der Waals surface area contributed by atoms with E-state index in [0.29, 0.717) is 18.4 Å². The normalized spacial score (nSPS) is 23.7. The van der Waals surface area contributed by atoms with Crippen LogP contribution in [0.1, 0.15) is 25.7 Å². The summed E-state index contributed by atoms with van der Waals surface area (Å²) in [5, 5.41) is 0. The monoisotopic (exact) mass is 205 g/mol. The van der Waals surface area contributed by atoms with Crippen LogP contribution in [0.3, 0.4) is 0 Å². The van der Waals surface area contributed by atoms with Gasteiger partial charge in [0, 0.05) is 19.5 Å². The number of rotatable bonds is 3. The van der Waals surface area contributed by atoms with Crippen LogP contribution in [0.25, 0.3) is 0 Å². The van der Waals surface area contributed by atoms with Crippen molar-refractivity contribution in [3.8, 4) is 0 Å². The third kappa shape index (κ3) is 2.16. The number of hydrogen-bond donors (Lipinski definition) is 0. The van der Waals surface area contributed by atoms with E-state index in [2.05, 4.69) is 4.23 Å². The van der Waals surface area contributed by atoms with Crippen LogP contribution in [0.2, 0.25) is 0 Å². The summed E-state index contributed by atoms with van der Waals surface area (Å²) in [5.41, 5.74) is 0. The Bertz CT molecular complexity index is 89.6. The zero-order valence-electron chi connectivity index (χ0n) is 7.27. The van der Waals surface area contributed by atoms with Crippen molar-refractivity contribution >= 4 is 37.9 Å². The van der Waals surface area contributed by atoms with Crippen LogP contribution in [-0.4, -0.2) is 48.2 Å². The molecule has 10 heavy (non-hydrogen) atoms. The fourth-order valence-corrected chi connectivity index (χ4v) is 24.8. The Balaban J connectivity index is 2.29. The summed E-state index contributed by atoms with van der Waals surface area (Å²) in [6.07, 6.45) is 6.19. The highest BCUT2D eigenvalue weighted by molar-refractivity contribution is 6.98. The first-order chi connectivity index (χ1) is 4.88. The molecule has 0 atom stereocenters. The molecular formula is C5H19NSi4. The fraction of sp³-hybridized carbons (Fsp3) is 1.00. The highest BCUT2D eigenvalue weighted by Crippen LogP contribution is 2.21. The van der Waals surface area contributed by atoms with Crippen molar-refractivity contribution in [2.24, 2.45) is 0 Å². The van der Waals surface area contributed by atoms with E-state index < -0.39 is 0 Å². The summed E-state index contributed by atoms with van der Waals surface area (Å²) in [6.45, 7) is 0. The topological polar surface area (TPSA) is 3.24 Å². The molecule has 5 heteroatoms. The molecule has 1 aliphatic rings. The van der Waals surface area contributed by atoms with Crippen LogP contribution in [-0.2, 0) is 0 Å². The molecule has 0 N–H and O–H groups in total. The molecule has 0 saturated heterocycles. The molecule has 0 amide bonds. The molecule has 0 spiro atoms. The Morgan fingerprint density at radius 3 is 2.00 bits per heavy atom. The molecule has 1 saturated carbocycles. The molecule has 0 aromatic heterocycles. The quantitative estimate of drug-likeness (QED) is 0.443. The van der Waals surface area contributed by atoms with Crippen LogP contribution in [0.4, 0.5) is 0 Å². The van der Waals surface area contributed by atoms with E-state index in [-0.39, 0.29) is 0 Å². The predicted octanol–water partition coefficient (Wildman–Crippen LogP) is -3.04. The van der Waals surface area contributed by atoms with Crippen molar-refractivity contribution < 1.29 is 0 Å². The molecule has 0 heterocycles. The SMILES string of the molecule is [SiH3][SiH2]N([SiH2][SiH3])C1CCCC1. The van der Waals surface area contributed by atoms with Gasteiger partial charge in [-0.25, -0.2) is 0 Å². The maximum absolute atomic E-state index is 2.99. The van der Waals surface area contributed by atoms with Gasteiger partial charge in [0.2, 0.25) is 0 Å². The summed E-state index contributed by atoms with van der Waals surface area (Å²) in [4.78, 5) is 0. The maximum Gasteiger partial charge on any atom is 0.0674 e. The van der Waals surface area contributed by atoms with Gasteiger partial charge < -0.3 is 4.23 Å². The lowest BCUT2D eigenvalue weighted by Crippen LogP contribution is -2.40. The van der Waals surface area contributed by atoms with Crippen molar-refractivity contribution in [3.63, 3.8) is 0 Å². The molecule has 0 bridgehead atoms. The molecule has 60 valence electrons. The van der Waals surface area contributed by atoms with E-state index in [1.165, 1.54) is 32.4 Å². The minimum absolute atomic E-state index is 0.367. The van der Waals surface area contributed by atoms with Crippen LogP contribution in [0.5, 0.6) is 0 Å². The molecule has 1 fully saturated rings. The average molecular weight is 206 g/mol. The van der Waals surface area contributed by atoms with E-state index in [1.54, 1.807) is 12.8 Å². The lowest BCUT2D eigenvalue weighted by atomic mass is 10.3. The van der Waals surface area contributed by atoms with E-state index in [9.17, 15) is 0 Å². The molecule has 0 aromatic carbocycles. The summed E-state index contributed by atoms with van der Waals surface area (Å²) < 4.78 is 2.99. The Labute approximate surface area is 74.2 Å². The molecular weight excluding hydrogens is 186 g/mol. The summed E-state index contributed by atoms with van der Waals surface area (Å²) in [7, 11) is 3.81. The van der Waals surface area contributed by atoms with Crippen molar-refractivity contribution in [3.05, 3.63) is 0 Å². The molecule has 0 radical (unpaired) electrons. The summed E-state index contributed by atoms with van der Waals surface area (Å²) in [6, 6.07) is 1.12.